The SMILES string of the molecule is O=C1CN(Cc2csc(=O)[nH]2)C(=O)C(C2CCCCC2)N1. The second-order valence-corrected chi connectivity index (χ2v) is 6.65. The van der Waals surface area contributed by atoms with Crippen LogP contribution < -0.4 is 10.2 Å². The standard InChI is InChI=1S/C14H19N3O3S/c18-11-7-17(6-10-8-21-14(20)15-10)13(19)12(16-11)9-4-2-1-3-5-9/h8-9,12H,1-7H2,(H,15,20)(H,16,18). The summed E-state index contributed by atoms with van der Waals surface area (Å²) in [5.41, 5.74) is 0.690. The van der Waals surface area contributed by atoms with Crippen LogP contribution in [0.25, 0.3) is 0 Å². The Morgan fingerprint density at radius 1 is 1.19 bits per heavy atom. The van der Waals surface area contributed by atoms with Crippen molar-refractivity contribution in [2.75, 3.05) is 6.54 Å². The minimum Gasteiger partial charge on any atom is -0.342 e. The smallest absolute Gasteiger partial charge is 0.304 e. The van der Waals surface area contributed by atoms with E-state index < -0.39 is 6.04 Å². The summed E-state index contributed by atoms with van der Waals surface area (Å²) < 4.78 is 0. The van der Waals surface area contributed by atoms with Crippen molar-refractivity contribution in [2.45, 2.75) is 44.7 Å². The fourth-order valence-corrected chi connectivity index (χ4v) is 3.82. The number of aromatic nitrogens is 1. The lowest BCUT2D eigenvalue weighted by molar-refractivity contribution is -0.146. The van der Waals surface area contributed by atoms with Gasteiger partial charge in [-0.25, -0.2) is 0 Å². The van der Waals surface area contributed by atoms with Crippen LogP contribution in [0.15, 0.2) is 10.2 Å². The summed E-state index contributed by atoms with van der Waals surface area (Å²) in [4.78, 5) is 39.8. The summed E-state index contributed by atoms with van der Waals surface area (Å²) in [6, 6.07) is -0.392. The molecule has 7 heteroatoms. The lowest BCUT2D eigenvalue weighted by atomic mass is 9.82. The predicted octanol–water partition coefficient (Wildman–Crippen LogP) is 0.844. The third-order valence-electron chi connectivity index (χ3n) is 4.28. The molecule has 1 aliphatic heterocycles. The van der Waals surface area contributed by atoms with E-state index in [1.807, 2.05) is 0 Å². The summed E-state index contributed by atoms with van der Waals surface area (Å²) in [5, 5.41) is 4.56. The van der Waals surface area contributed by atoms with Crippen molar-refractivity contribution in [3.05, 3.63) is 20.7 Å². The summed E-state index contributed by atoms with van der Waals surface area (Å²) in [5.74, 6) is 0.121. The molecule has 0 radical (unpaired) electrons. The Balaban J connectivity index is 1.73. The summed E-state index contributed by atoms with van der Waals surface area (Å²) in [6.07, 6.45) is 5.47. The minimum atomic E-state index is -0.392. The maximum absolute atomic E-state index is 12.6. The number of hydrogen-bond donors (Lipinski definition) is 2. The second kappa shape index (κ2) is 6.01. The quantitative estimate of drug-likeness (QED) is 0.868. The molecule has 1 saturated carbocycles. The van der Waals surface area contributed by atoms with E-state index in [4.69, 9.17) is 0 Å². The van der Waals surface area contributed by atoms with Crippen molar-refractivity contribution in [2.24, 2.45) is 5.92 Å². The van der Waals surface area contributed by atoms with Gasteiger partial charge in [0, 0.05) is 11.1 Å². The normalized spacial score (nSPS) is 24.2. The van der Waals surface area contributed by atoms with Gasteiger partial charge in [-0.15, -0.1) is 0 Å². The molecular weight excluding hydrogens is 290 g/mol. The molecule has 114 valence electrons. The van der Waals surface area contributed by atoms with Crippen molar-refractivity contribution in [1.82, 2.24) is 15.2 Å². The van der Waals surface area contributed by atoms with Gasteiger partial charge >= 0.3 is 4.87 Å². The van der Waals surface area contributed by atoms with Gasteiger partial charge in [0.1, 0.15) is 12.6 Å². The first kappa shape index (κ1) is 14.3. The summed E-state index contributed by atoms with van der Waals surface area (Å²) in [7, 11) is 0. The van der Waals surface area contributed by atoms with E-state index in [9.17, 15) is 14.4 Å². The van der Waals surface area contributed by atoms with Gasteiger partial charge in [-0.2, -0.15) is 0 Å². The van der Waals surface area contributed by atoms with Gasteiger partial charge in [0.2, 0.25) is 11.8 Å². The number of carbonyl (C=O) groups is 2. The van der Waals surface area contributed by atoms with Crippen LogP contribution in [0.1, 0.15) is 37.8 Å². The van der Waals surface area contributed by atoms with E-state index in [1.165, 1.54) is 6.42 Å². The number of rotatable bonds is 3. The van der Waals surface area contributed by atoms with Crippen LogP contribution in [-0.4, -0.2) is 34.3 Å². The number of aromatic amines is 1. The maximum atomic E-state index is 12.6. The van der Waals surface area contributed by atoms with Gasteiger partial charge in [0.25, 0.3) is 0 Å². The average Bonchev–Trinajstić information content (AvgIpc) is 2.89. The van der Waals surface area contributed by atoms with Crippen molar-refractivity contribution >= 4 is 23.2 Å². The van der Waals surface area contributed by atoms with E-state index in [0.29, 0.717) is 12.2 Å². The van der Waals surface area contributed by atoms with Gasteiger partial charge in [0.05, 0.1) is 6.54 Å². The van der Waals surface area contributed by atoms with Crippen LogP contribution in [0.5, 0.6) is 0 Å². The Kier molecular flexibility index (Phi) is 4.10. The Morgan fingerprint density at radius 3 is 2.62 bits per heavy atom. The fraction of sp³-hybridized carbons (Fsp3) is 0.643. The molecule has 1 unspecified atom stereocenters. The number of nitrogens with one attached hydrogen (secondary N) is 2. The van der Waals surface area contributed by atoms with Gasteiger partial charge in [-0.05, 0) is 18.8 Å². The lowest BCUT2D eigenvalue weighted by Crippen LogP contribution is -2.60. The summed E-state index contributed by atoms with van der Waals surface area (Å²) >= 11 is 1.07. The molecule has 0 bridgehead atoms. The molecule has 3 rings (SSSR count). The molecule has 2 aliphatic rings. The molecule has 2 N–H and O–H groups in total. The first-order valence-electron chi connectivity index (χ1n) is 7.38. The van der Waals surface area contributed by atoms with E-state index in [-0.39, 0.29) is 29.1 Å². The summed E-state index contributed by atoms with van der Waals surface area (Å²) in [6.45, 7) is 0.369. The van der Waals surface area contributed by atoms with Crippen LogP contribution in [0, 0.1) is 5.92 Å². The molecule has 21 heavy (non-hydrogen) atoms. The van der Waals surface area contributed by atoms with Gasteiger partial charge in [0.15, 0.2) is 0 Å². The molecule has 2 heterocycles. The molecule has 1 saturated heterocycles. The maximum Gasteiger partial charge on any atom is 0.304 e. The molecule has 1 atom stereocenters. The van der Waals surface area contributed by atoms with E-state index >= 15 is 0 Å². The van der Waals surface area contributed by atoms with Crippen LogP contribution in [0.2, 0.25) is 0 Å². The number of hydrogen-bond acceptors (Lipinski definition) is 4. The molecule has 0 spiro atoms. The zero-order valence-electron chi connectivity index (χ0n) is 11.8. The van der Waals surface area contributed by atoms with Gasteiger partial charge in [-0.1, -0.05) is 30.6 Å². The average molecular weight is 309 g/mol. The van der Waals surface area contributed by atoms with Crippen LogP contribution in [0.4, 0.5) is 0 Å². The molecule has 1 aliphatic carbocycles. The van der Waals surface area contributed by atoms with E-state index in [0.717, 1.165) is 37.0 Å². The fourth-order valence-electron chi connectivity index (χ4n) is 3.25. The van der Waals surface area contributed by atoms with E-state index in [2.05, 4.69) is 10.3 Å². The van der Waals surface area contributed by atoms with Crippen LogP contribution >= 0.6 is 11.3 Å². The Labute approximate surface area is 126 Å². The number of nitrogens with zero attached hydrogens (tertiary/aromatic N) is 1. The van der Waals surface area contributed by atoms with E-state index in [1.54, 1.807) is 10.3 Å². The number of amides is 2. The highest BCUT2D eigenvalue weighted by atomic mass is 32.1. The molecule has 2 fully saturated rings. The van der Waals surface area contributed by atoms with Crippen molar-refractivity contribution in [3.8, 4) is 0 Å². The van der Waals surface area contributed by atoms with Crippen molar-refractivity contribution < 1.29 is 9.59 Å². The highest BCUT2D eigenvalue weighted by Gasteiger charge is 2.38. The Hall–Kier alpha value is -1.63. The monoisotopic (exact) mass is 309 g/mol. The highest BCUT2D eigenvalue weighted by molar-refractivity contribution is 7.07. The van der Waals surface area contributed by atoms with Gasteiger partial charge < -0.3 is 15.2 Å². The molecule has 2 amide bonds. The van der Waals surface area contributed by atoms with Crippen molar-refractivity contribution in [3.63, 3.8) is 0 Å². The Bertz CT molecular complexity index is 588. The first-order valence-corrected chi connectivity index (χ1v) is 8.26. The molecular formula is C14H19N3O3S. The first-order chi connectivity index (χ1) is 10.1. The number of piperazine rings is 1. The predicted molar refractivity (Wildman–Crippen MR) is 78.9 cm³/mol. The third kappa shape index (κ3) is 3.18. The van der Waals surface area contributed by atoms with Crippen molar-refractivity contribution in [1.29, 1.82) is 0 Å². The lowest BCUT2D eigenvalue weighted by Gasteiger charge is -2.37. The minimum absolute atomic E-state index is 0.0199. The number of thiazole rings is 1. The molecule has 1 aromatic heterocycles. The highest BCUT2D eigenvalue weighted by Crippen LogP contribution is 2.28. The molecule has 1 aromatic rings. The number of carbonyl (C=O) groups excluding carboxylic acids is 2. The number of H-pyrrole nitrogens is 1. The zero-order valence-corrected chi connectivity index (χ0v) is 12.6. The largest absolute Gasteiger partial charge is 0.342 e. The third-order valence-corrected chi connectivity index (χ3v) is 5.00. The molecule has 0 aromatic carbocycles. The Morgan fingerprint density at radius 2 is 1.95 bits per heavy atom. The topological polar surface area (TPSA) is 82.3 Å². The zero-order chi connectivity index (χ0) is 14.8. The van der Waals surface area contributed by atoms with Crippen LogP contribution in [0.3, 0.4) is 0 Å². The van der Waals surface area contributed by atoms with Gasteiger partial charge in [-0.3, -0.25) is 14.4 Å². The second-order valence-electron chi connectivity index (χ2n) is 5.81. The molecule has 6 nitrogen and oxygen atoms in total. The van der Waals surface area contributed by atoms with Crippen LogP contribution in [-0.2, 0) is 16.1 Å².